The van der Waals surface area contributed by atoms with Gasteiger partial charge in [0.25, 0.3) is 5.91 Å². The van der Waals surface area contributed by atoms with Crippen molar-refractivity contribution in [1.82, 2.24) is 4.98 Å². The van der Waals surface area contributed by atoms with Gasteiger partial charge in [-0.05, 0) is 49.6 Å². The zero-order chi connectivity index (χ0) is 19.0. The summed E-state index contributed by atoms with van der Waals surface area (Å²) in [4.78, 5) is 32.4. The van der Waals surface area contributed by atoms with E-state index in [1.165, 1.54) is 18.4 Å². The van der Waals surface area contributed by atoms with E-state index in [9.17, 15) is 9.59 Å². The van der Waals surface area contributed by atoms with Crippen LogP contribution in [0.4, 0.5) is 5.69 Å². The van der Waals surface area contributed by atoms with Gasteiger partial charge in [0.2, 0.25) is 0 Å². The number of carbonyl (C=O) groups excluding carboxylic acids is 2. The summed E-state index contributed by atoms with van der Waals surface area (Å²) >= 11 is 1.43. The van der Waals surface area contributed by atoms with Gasteiger partial charge >= 0.3 is 5.97 Å². The summed E-state index contributed by atoms with van der Waals surface area (Å²) in [6, 6.07) is 9.00. The minimum absolute atomic E-state index is 0.162. The van der Waals surface area contributed by atoms with Crippen LogP contribution in [0.2, 0.25) is 0 Å². The first-order valence-electron chi connectivity index (χ1n) is 8.63. The van der Waals surface area contributed by atoms with Crippen LogP contribution in [0, 0.1) is 6.92 Å². The van der Waals surface area contributed by atoms with Crippen LogP contribution in [0.5, 0.6) is 0 Å². The smallest absolute Gasteiger partial charge is 0.338 e. The Labute approximate surface area is 160 Å². The molecule has 3 aromatic rings. The summed E-state index contributed by atoms with van der Waals surface area (Å²) in [5, 5.41) is 0.682. The van der Waals surface area contributed by atoms with E-state index < -0.39 is 0 Å². The number of aryl methyl sites for hydroxylation is 1. The van der Waals surface area contributed by atoms with Gasteiger partial charge in [-0.3, -0.25) is 4.79 Å². The van der Waals surface area contributed by atoms with Crippen LogP contribution in [-0.2, 0) is 11.2 Å². The maximum atomic E-state index is 13.2. The molecule has 0 spiro atoms. The zero-order valence-corrected chi connectivity index (χ0v) is 15.8. The quantitative estimate of drug-likeness (QED) is 0.638. The first kappa shape index (κ1) is 17.5. The standard InChI is InChI=1S/C20H18N2O4S/c1-12-17(21-18(27-12)16-9-5-11-26-16)19(23)22-10-4-7-13-14(20(24)25-2)6-3-8-15(13)22/h3,5-6,8-9,11H,4,7,10H2,1-2H3. The van der Waals surface area contributed by atoms with E-state index in [0.717, 1.165) is 29.0 Å². The number of hydrogen-bond acceptors (Lipinski definition) is 6. The van der Waals surface area contributed by atoms with Gasteiger partial charge in [-0.25, -0.2) is 9.78 Å². The Balaban J connectivity index is 1.72. The van der Waals surface area contributed by atoms with Crippen molar-refractivity contribution >= 4 is 28.9 Å². The number of furan rings is 1. The Morgan fingerprint density at radius 3 is 2.85 bits per heavy atom. The van der Waals surface area contributed by atoms with Crippen LogP contribution in [0.25, 0.3) is 10.8 Å². The van der Waals surface area contributed by atoms with Crippen molar-refractivity contribution in [2.24, 2.45) is 0 Å². The Bertz CT molecular complexity index is 1010. The predicted molar refractivity (Wildman–Crippen MR) is 102 cm³/mol. The van der Waals surface area contributed by atoms with Crippen LogP contribution >= 0.6 is 11.3 Å². The lowest BCUT2D eigenvalue weighted by molar-refractivity contribution is 0.0599. The number of benzene rings is 1. The topological polar surface area (TPSA) is 72.6 Å². The fraction of sp³-hybridized carbons (Fsp3) is 0.250. The van der Waals surface area contributed by atoms with Crippen molar-refractivity contribution < 1.29 is 18.7 Å². The Hall–Kier alpha value is -2.93. The van der Waals surface area contributed by atoms with Gasteiger partial charge in [0.05, 0.1) is 18.9 Å². The molecule has 1 aromatic carbocycles. The maximum absolute atomic E-state index is 13.2. The molecular weight excluding hydrogens is 364 g/mol. The van der Waals surface area contributed by atoms with E-state index in [1.54, 1.807) is 29.4 Å². The van der Waals surface area contributed by atoms with Crippen LogP contribution in [0.1, 0.15) is 37.7 Å². The molecule has 0 saturated heterocycles. The van der Waals surface area contributed by atoms with Crippen molar-refractivity contribution in [2.75, 3.05) is 18.6 Å². The van der Waals surface area contributed by atoms with Gasteiger partial charge in [0.15, 0.2) is 10.8 Å². The van der Waals surface area contributed by atoms with E-state index in [1.807, 2.05) is 19.1 Å². The minimum atomic E-state index is -0.383. The van der Waals surface area contributed by atoms with Crippen LogP contribution < -0.4 is 4.90 Å². The molecule has 138 valence electrons. The molecule has 27 heavy (non-hydrogen) atoms. The molecule has 0 saturated carbocycles. The number of hydrogen-bond donors (Lipinski definition) is 0. The normalized spacial score (nSPS) is 13.3. The highest BCUT2D eigenvalue weighted by Crippen LogP contribution is 2.34. The summed E-state index contributed by atoms with van der Waals surface area (Å²) in [6.45, 7) is 2.47. The lowest BCUT2D eigenvalue weighted by Gasteiger charge is -2.30. The van der Waals surface area contributed by atoms with Gasteiger partial charge in [0.1, 0.15) is 5.69 Å². The molecule has 0 atom stereocenters. The molecule has 0 fully saturated rings. The Morgan fingerprint density at radius 1 is 1.26 bits per heavy atom. The number of rotatable bonds is 3. The van der Waals surface area contributed by atoms with Crippen molar-refractivity contribution in [1.29, 1.82) is 0 Å². The first-order chi connectivity index (χ1) is 13.1. The average molecular weight is 382 g/mol. The zero-order valence-electron chi connectivity index (χ0n) is 15.0. The Morgan fingerprint density at radius 2 is 2.11 bits per heavy atom. The van der Waals surface area contributed by atoms with Gasteiger partial charge in [-0.15, -0.1) is 11.3 Å². The van der Waals surface area contributed by atoms with Crippen LogP contribution in [0.15, 0.2) is 41.0 Å². The molecule has 0 radical (unpaired) electrons. The van der Waals surface area contributed by atoms with Gasteiger partial charge < -0.3 is 14.1 Å². The number of nitrogens with zero attached hydrogens (tertiary/aromatic N) is 2. The molecule has 1 amide bonds. The number of ether oxygens (including phenoxy) is 1. The third kappa shape index (κ3) is 3.04. The highest BCUT2D eigenvalue weighted by molar-refractivity contribution is 7.15. The number of methoxy groups -OCH3 is 1. The van der Waals surface area contributed by atoms with Crippen molar-refractivity contribution in [3.05, 3.63) is 58.3 Å². The van der Waals surface area contributed by atoms with Crippen LogP contribution in [0.3, 0.4) is 0 Å². The minimum Gasteiger partial charge on any atom is -0.465 e. The number of esters is 1. The summed E-state index contributed by atoms with van der Waals surface area (Å²) in [5.41, 5.74) is 2.53. The molecule has 0 unspecified atom stereocenters. The van der Waals surface area contributed by atoms with E-state index >= 15 is 0 Å². The van der Waals surface area contributed by atoms with E-state index in [4.69, 9.17) is 9.15 Å². The molecule has 1 aliphatic rings. The van der Waals surface area contributed by atoms with Crippen molar-refractivity contribution in [3.8, 4) is 10.8 Å². The van der Waals surface area contributed by atoms with Crippen molar-refractivity contribution in [3.63, 3.8) is 0 Å². The number of anilines is 1. The van der Waals surface area contributed by atoms with Gasteiger partial charge in [-0.1, -0.05) is 6.07 Å². The number of thiazole rings is 1. The van der Waals surface area contributed by atoms with Crippen LogP contribution in [-0.4, -0.2) is 30.5 Å². The largest absolute Gasteiger partial charge is 0.465 e. The highest BCUT2D eigenvalue weighted by Gasteiger charge is 2.29. The summed E-state index contributed by atoms with van der Waals surface area (Å²) in [6.07, 6.45) is 3.10. The average Bonchev–Trinajstić information content (AvgIpc) is 3.35. The molecule has 4 rings (SSSR count). The lowest BCUT2D eigenvalue weighted by Crippen LogP contribution is -2.36. The molecule has 0 N–H and O–H groups in total. The maximum Gasteiger partial charge on any atom is 0.338 e. The molecule has 6 nitrogen and oxygen atoms in total. The molecule has 0 bridgehead atoms. The fourth-order valence-electron chi connectivity index (χ4n) is 3.37. The summed E-state index contributed by atoms with van der Waals surface area (Å²) in [7, 11) is 1.36. The lowest BCUT2D eigenvalue weighted by atomic mass is 9.96. The van der Waals surface area contributed by atoms with E-state index in [0.29, 0.717) is 28.6 Å². The second kappa shape index (κ2) is 7.00. The molecule has 1 aliphatic heterocycles. The fourth-order valence-corrected chi connectivity index (χ4v) is 4.24. The van der Waals surface area contributed by atoms with Gasteiger partial charge in [-0.2, -0.15) is 0 Å². The second-order valence-electron chi connectivity index (χ2n) is 6.26. The molecule has 3 heterocycles. The third-order valence-electron chi connectivity index (χ3n) is 4.63. The molecular formula is C20H18N2O4S. The molecule has 0 aliphatic carbocycles. The number of carbonyl (C=O) groups is 2. The number of fused-ring (bicyclic) bond motifs is 1. The number of amides is 1. The predicted octanol–water partition coefficient (Wildman–Crippen LogP) is 4.09. The SMILES string of the molecule is COC(=O)c1cccc2c1CCCN2C(=O)c1nc(-c2ccco2)sc1C. The molecule has 2 aromatic heterocycles. The van der Waals surface area contributed by atoms with E-state index in [2.05, 4.69) is 4.98 Å². The Kier molecular flexibility index (Phi) is 4.53. The van der Waals surface area contributed by atoms with E-state index in [-0.39, 0.29) is 11.9 Å². The van der Waals surface area contributed by atoms with Gasteiger partial charge in [0, 0.05) is 17.1 Å². The summed E-state index contributed by atoms with van der Waals surface area (Å²) < 4.78 is 10.3. The molecule has 7 heteroatoms. The summed E-state index contributed by atoms with van der Waals surface area (Å²) in [5.74, 6) is 0.102. The third-order valence-corrected chi connectivity index (χ3v) is 5.62. The monoisotopic (exact) mass is 382 g/mol. The van der Waals surface area contributed by atoms with Crippen molar-refractivity contribution in [2.45, 2.75) is 19.8 Å². The highest BCUT2D eigenvalue weighted by atomic mass is 32.1. The first-order valence-corrected chi connectivity index (χ1v) is 9.45. The number of aromatic nitrogens is 1. The second-order valence-corrected chi connectivity index (χ2v) is 7.46.